The Hall–Kier alpha value is -2.76. The van der Waals surface area contributed by atoms with E-state index in [1.54, 1.807) is 0 Å². The van der Waals surface area contributed by atoms with Crippen molar-refractivity contribution in [2.45, 2.75) is 26.0 Å². The molecular formula is C18H18FNO4. The maximum atomic E-state index is 12.9. The number of fused-ring (bicyclic) bond motifs is 1. The van der Waals surface area contributed by atoms with Crippen molar-refractivity contribution in [3.63, 3.8) is 0 Å². The van der Waals surface area contributed by atoms with Crippen molar-refractivity contribution in [2.24, 2.45) is 0 Å². The van der Waals surface area contributed by atoms with Gasteiger partial charge in [-0.1, -0.05) is 13.0 Å². The molecule has 2 aromatic rings. The highest BCUT2D eigenvalue weighted by molar-refractivity contribution is 5.81. The first kappa shape index (κ1) is 16.1. The van der Waals surface area contributed by atoms with Crippen molar-refractivity contribution in [1.29, 1.82) is 0 Å². The van der Waals surface area contributed by atoms with Crippen LogP contribution in [0, 0.1) is 5.82 Å². The summed E-state index contributed by atoms with van der Waals surface area (Å²) < 4.78 is 29.1. The molecule has 0 saturated carbocycles. The van der Waals surface area contributed by atoms with Gasteiger partial charge in [-0.25, -0.2) is 4.39 Å². The summed E-state index contributed by atoms with van der Waals surface area (Å²) in [6.07, 6.45) is -0.130. The molecule has 3 rings (SSSR count). The van der Waals surface area contributed by atoms with Crippen molar-refractivity contribution in [1.82, 2.24) is 5.32 Å². The first-order valence-electron chi connectivity index (χ1n) is 7.74. The maximum Gasteiger partial charge on any atom is 0.261 e. The number of nitrogens with one attached hydrogen (secondary N) is 1. The molecule has 0 radical (unpaired) electrons. The molecule has 1 heterocycles. The third-order valence-electron chi connectivity index (χ3n) is 3.66. The summed E-state index contributed by atoms with van der Waals surface area (Å²) >= 11 is 0. The molecule has 5 nitrogen and oxygen atoms in total. The van der Waals surface area contributed by atoms with Crippen LogP contribution in [-0.2, 0) is 11.3 Å². The highest BCUT2D eigenvalue weighted by Gasteiger charge is 2.19. The van der Waals surface area contributed by atoms with Crippen LogP contribution in [0.4, 0.5) is 4.39 Å². The first-order valence-corrected chi connectivity index (χ1v) is 7.74. The fraction of sp³-hybridized carbons (Fsp3) is 0.278. The van der Waals surface area contributed by atoms with Crippen LogP contribution < -0.4 is 19.5 Å². The Balaban J connectivity index is 1.57. The largest absolute Gasteiger partial charge is 0.481 e. The van der Waals surface area contributed by atoms with E-state index in [0.717, 1.165) is 5.56 Å². The lowest BCUT2D eigenvalue weighted by atomic mass is 10.2. The fourth-order valence-corrected chi connectivity index (χ4v) is 2.35. The number of halogens is 1. The summed E-state index contributed by atoms with van der Waals surface area (Å²) in [5, 5.41) is 2.84. The van der Waals surface area contributed by atoms with Crippen LogP contribution in [-0.4, -0.2) is 18.8 Å². The zero-order chi connectivity index (χ0) is 16.9. The highest BCUT2D eigenvalue weighted by Crippen LogP contribution is 2.32. The Morgan fingerprint density at radius 3 is 2.71 bits per heavy atom. The molecule has 0 saturated heterocycles. The molecule has 1 aliphatic rings. The van der Waals surface area contributed by atoms with E-state index < -0.39 is 6.10 Å². The maximum absolute atomic E-state index is 12.9. The minimum absolute atomic E-state index is 0.217. The lowest BCUT2D eigenvalue weighted by Crippen LogP contribution is -2.37. The number of rotatable bonds is 6. The summed E-state index contributed by atoms with van der Waals surface area (Å²) in [6.45, 7) is 2.43. The summed E-state index contributed by atoms with van der Waals surface area (Å²) in [7, 11) is 0. The number of ether oxygens (including phenoxy) is 3. The van der Waals surface area contributed by atoms with Crippen LogP contribution in [0.15, 0.2) is 42.5 Å². The Bertz CT molecular complexity index is 717. The van der Waals surface area contributed by atoms with Crippen LogP contribution >= 0.6 is 0 Å². The Kier molecular flexibility index (Phi) is 4.84. The lowest BCUT2D eigenvalue weighted by molar-refractivity contribution is -0.128. The second kappa shape index (κ2) is 7.21. The number of amides is 1. The fourth-order valence-electron chi connectivity index (χ4n) is 2.35. The molecule has 1 atom stereocenters. The van der Waals surface area contributed by atoms with E-state index in [9.17, 15) is 9.18 Å². The summed E-state index contributed by atoms with van der Waals surface area (Å²) in [6, 6.07) is 11.1. The van der Waals surface area contributed by atoms with Crippen LogP contribution in [0.25, 0.3) is 0 Å². The smallest absolute Gasteiger partial charge is 0.261 e. The number of hydrogen-bond donors (Lipinski definition) is 1. The quantitative estimate of drug-likeness (QED) is 0.884. The molecule has 1 unspecified atom stereocenters. The molecule has 0 aromatic heterocycles. The van der Waals surface area contributed by atoms with E-state index in [1.807, 2.05) is 25.1 Å². The van der Waals surface area contributed by atoms with Gasteiger partial charge in [-0.2, -0.15) is 0 Å². The van der Waals surface area contributed by atoms with E-state index in [1.165, 1.54) is 24.3 Å². The normalized spacial score (nSPS) is 13.4. The summed E-state index contributed by atoms with van der Waals surface area (Å²) in [5.41, 5.74) is 0.907. The van der Waals surface area contributed by atoms with Crippen molar-refractivity contribution < 1.29 is 23.4 Å². The van der Waals surface area contributed by atoms with Gasteiger partial charge in [0.15, 0.2) is 17.6 Å². The van der Waals surface area contributed by atoms with Gasteiger partial charge in [-0.05, 0) is 48.4 Å². The molecule has 6 heteroatoms. The Morgan fingerprint density at radius 1 is 1.21 bits per heavy atom. The van der Waals surface area contributed by atoms with Gasteiger partial charge in [0.05, 0.1) is 0 Å². The third kappa shape index (κ3) is 3.76. The number of carbonyl (C=O) groups excluding carboxylic acids is 1. The predicted molar refractivity (Wildman–Crippen MR) is 85.5 cm³/mol. The number of carbonyl (C=O) groups is 1. The van der Waals surface area contributed by atoms with Crippen LogP contribution in [0.3, 0.4) is 0 Å². The van der Waals surface area contributed by atoms with Crippen molar-refractivity contribution >= 4 is 5.91 Å². The van der Waals surface area contributed by atoms with E-state index in [-0.39, 0.29) is 18.5 Å². The summed E-state index contributed by atoms with van der Waals surface area (Å²) in [5.74, 6) is 1.27. The van der Waals surface area contributed by atoms with Gasteiger partial charge in [-0.3, -0.25) is 4.79 Å². The third-order valence-corrected chi connectivity index (χ3v) is 3.66. The average molecular weight is 331 g/mol. The van der Waals surface area contributed by atoms with Crippen LogP contribution in [0.2, 0.25) is 0 Å². The second-order valence-corrected chi connectivity index (χ2v) is 5.37. The van der Waals surface area contributed by atoms with E-state index >= 15 is 0 Å². The molecule has 2 aromatic carbocycles. The molecule has 1 aliphatic heterocycles. The number of benzene rings is 2. The van der Waals surface area contributed by atoms with Crippen LogP contribution in [0.1, 0.15) is 18.9 Å². The lowest BCUT2D eigenvalue weighted by Gasteiger charge is -2.17. The predicted octanol–water partition coefficient (Wildman–Crippen LogP) is 3.03. The molecule has 0 bridgehead atoms. The molecular weight excluding hydrogens is 313 g/mol. The van der Waals surface area contributed by atoms with E-state index in [4.69, 9.17) is 14.2 Å². The minimum Gasteiger partial charge on any atom is -0.481 e. The minimum atomic E-state index is -0.635. The molecule has 0 spiro atoms. The van der Waals surface area contributed by atoms with Gasteiger partial charge in [-0.15, -0.1) is 0 Å². The van der Waals surface area contributed by atoms with Gasteiger partial charge in [0.1, 0.15) is 11.6 Å². The van der Waals surface area contributed by atoms with Crippen LogP contribution in [0.5, 0.6) is 17.2 Å². The molecule has 126 valence electrons. The molecule has 0 fully saturated rings. The Labute approximate surface area is 139 Å². The monoisotopic (exact) mass is 331 g/mol. The zero-order valence-corrected chi connectivity index (χ0v) is 13.3. The first-order chi connectivity index (χ1) is 11.7. The van der Waals surface area contributed by atoms with Gasteiger partial charge in [0.25, 0.3) is 5.91 Å². The Morgan fingerprint density at radius 2 is 1.96 bits per heavy atom. The number of hydrogen-bond acceptors (Lipinski definition) is 4. The van der Waals surface area contributed by atoms with Crippen molar-refractivity contribution in [3.8, 4) is 17.2 Å². The molecule has 0 aliphatic carbocycles. The van der Waals surface area contributed by atoms with Gasteiger partial charge in [0.2, 0.25) is 6.79 Å². The molecule has 24 heavy (non-hydrogen) atoms. The van der Waals surface area contributed by atoms with Crippen molar-refractivity contribution in [2.75, 3.05) is 6.79 Å². The molecule has 1 N–H and O–H groups in total. The van der Waals surface area contributed by atoms with E-state index in [2.05, 4.69) is 5.32 Å². The highest BCUT2D eigenvalue weighted by atomic mass is 19.1. The second-order valence-electron chi connectivity index (χ2n) is 5.37. The SMILES string of the molecule is CCC(Oc1ccc(F)cc1)C(=O)NCc1ccc2c(c1)OCO2. The zero-order valence-electron chi connectivity index (χ0n) is 13.3. The standard InChI is InChI=1S/C18H18FNO4/c1-2-15(24-14-6-4-13(19)5-7-14)18(21)20-10-12-3-8-16-17(9-12)23-11-22-16/h3-9,15H,2,10-11H2,1H3,(H,20,21). The topological polar surface area (TPSA) is 56.8 Å². The van der Waals surface area contributed by atoms with E-state index in [0.29, 0.717) is 30.2 Å². The van der Waals surface area contributed by atoms with Gasteiger partial charge >= 0.3 is 0 Å². The van der Waals surface area contributed by atoms with Gasteiger partial charge < -0.3 is 19.5 Å². The average Bonchev–Trinajstić information content (AvgIpc) is 3.07. The van der Waals surface area contributed by atoms with Crippen molar-refractivity contribution in [3.05, 3.63) is 53.8 Å². The van der Waals surface area contributed by atoms with Gasteiger partial charge in [0, 0.05) is 6.54 Å². The summed E-state index contributed by atoms with van der Waals surface area (Å²) in [4.78, 5) is 12.3. The molecule has 1 amide bonds.